The molecule has 9 heteroatoms. The topological polar surface area (TPSA) is 69.0 Å². The number of carbonyl (C=O) groups is 1. The lowest BCUT2D eigenvalue weighted by atomic mass is 10.1. The number of aromatic nitrogens is 3. The molecule has 1 aromatic carbocycles. The van der Waals surface area contributed by atoms with Crippen molar-refractivity contribution in [2.24, 2.45) is 0 Å². The van der Waals surface area contributed by atoms with Gasteiger partial charge in [-0.2, -0.15) is 13.9 Å². The van der Waals surface area contributed by atoms with Crippen molar-refractivity contribution in [3.63, 3.8) is 0 Å². The Hall–Kier alpha value is -3.23. The molecule has 0 spiro atoms. The molecule has 7 nitrogen and oxygen atoms in total. The Labute approximate surface area is 191 Å². The second kappa shape index (κ2) is 9.33. The normalized spacial score (nSPS) is 13.5. The van der Waals surface area contributed by atoms with Crippen LogP contribution in [0, 0.1) is 20.8 Å². The molecule has 33 heavy (non-hydrogen) atoms. The zero-order chi connectivity index (χ0) is 23.7. The fourth-order valence-corrected chi connectivity index (χ4v) is 4.19. The minimum absolute atomic E-state index is 0.0248. The van der Waals surface area contributed by atoms with Crippen LogP contribution in [0.2, 0.25) is 0 Å². The summed E-state index contributed by atoms with van der Waals surface area (Å²) in [5, 5.41) is 4.50. The van der Waals surface area contributed by atoms with Gasteiger partial charge in [0.15, 0.2) is 17.1 Å². The number of hydrogen-bond acceptors (Lipinski definition) is 5. The van der Waals surface area contributed by atoms with Crippen molar-refractivity contribution in [3.8, 4) is 11.5 Å². The highest BCUT2D eigenvalue weighted by molar-refractivity contribution is 5.77. The lowest BCUT2D eigenvalue weighted by molar-refractivity contribution is -0.132. The molecule has 0 N–H and O–H groups in total. The van der Waals surface area contributed by atoms with E-state index in [2.05, 4.69) is 14.8 Å². The highest BCUT2D eigenvalue weighted by Crippen LogP contribution is 2.33. The van der Waals surface area contributed by atoms with Crippen molar-refractivity contribution in [2.75, 3.05) is 7.11 Å². The predicted octanol–water partition coefficient (Wildman–Crippen LogP) is 4.39. The van der Waals surface area contributed by atoms with Gasteiger partial charge >= 0.3 is 6.61 Å². The summed E-state index contributed by atoms with van der Waals surface area (Å²) >= 11 is 0. The second-order valence-electron chi connectivity index (χ2n) is 8.43. The summed E-state index contributed by atoms with van der Waals surface area (Å²) in [4.78, 5) is 19.7. The Kier molecular flexibility index (Phi) is 6.49. The van der Waals surface area contributed by atoms with Gasteiger partial charge in [-0.15, -0.1) is 0 Å². The molecule has 1 aliphatic rings. The number of amides is 1. The number of ether oxygens (including phenoxy) is 2. The average Bonchev–Trinajstić information content (AvgIpc) is 3.53. The van der Waals surface area contributed by atoms with Crippen molar-refractivity contribution in [1.82, 2.24) is 19.5 Å². The number of rotatable bonds is 9. The third kappa shape index (κ3) is 5.07. The van der Waals surface area contributed by atoms with Crippen LogP contribution < -0.4 is 9.47 Å². The molecule has 0 unspecified atom stereocenters. The molecule has 0 radical (unpaired) electrons. The Bertz CT molecular complexity index is 1170. The minimum atomic E-state index is -2.93. The van der Waals surface area contributed by atoms with E-state index in [9.17, 15) is 13.6 Å². The van der Waals surface area contributed by atoms with Crippen LogP contribution in [-0.2, 0) is 17.8 Å². The largest absolute Gasteiger partial charge is 0.493 e. The summed E-state index contributed by atoms with van der Waals surface area (Å²) < 4.78 is 36.7. The van der Waals surface area contributed by atoms with E-state index in [0.717, 1.165) is 46.7 Å². The van der Waals surface area contributed by atoms with E-state index < -0.39 is 6.61 Å². The maximum atomic E-state index is 13.2. The first-order chi connectivity index (χ1) is 15.8. The van der Waals surface area contributed by atoms with Crippen LogP contribution in [0.3, 0.4) is 0 Å². The molecule has 2 heterocycles. The average molecular weight is 459 g/mol. The maximum Gasteiger partial charge on any atom is 0.387 e. The van der Waals surface area contributed by atoms with Gasteiger partial charge in [-0.25, -0.2) is 9.50 Å². The monoisotopic (exact) mass is 458 g/mol. The highest BCUT2D eigenvalue weighted by Gasteiger charge is 2.32. The SMILES string of the molecule is COc1cc(CN(C(=O)CCc2c(C)nc3cc(C)nn3c2C)C2CC2)ccc1OC(F)F. The van der Waals surface area contributed by atoms with Crippen molar-refractivity contribution in [3.05, 3.63) is 52.5 Å². The van der Waals surface area contributed by atoms with E-state index in [1.807, 2.05) is 36.3 Å². The number of halogens is 2. The lowest BCUT2D eigenvalue weighted by Gasteiger charge is -2.23. The zero-order valence-corrected chi connectivity index (χ0v) is 19.3. The fourth-order valence-electron chi connectivity index (χ4n) is 4.19. The number of aryl methyl sites for hydroxylation is 3. The highest BCUT2D eigenvalue weighted by atomic mass is 19.3. The fraction of sp³-hybridized carbons (Fsp3) is 0.458. The third-order valence-corrected chi connectivity index (χ3v) is 5.98. The van der Waals surface area contributed by atoms with Gasteiger partial charge in [0.25, 0.3) is 0 Å². The number of hydrogen-bond donors (Lipinski definition) is 0. The van der Waals surface area contributed by atoms with Crippen molar-refractivity contribution in [1.29, 1.82) is 0 Å². The van der Waals surface area contributed by atoms with Crippen LogP contribution in [0.1, 0.15) is 47.5 Å². The van der Waals surface area contributed by atoms with Gasteiger partial charge in [-0.3, -0.25) is 4.79 Å². The Morgan fingerprint density at radius 3 is 2.64 bits per heavy atom. The predicted molar refractivity (Wildman–Crippen MR) is 119 cm³/mol. The van der Waals surface area contributed by atoms with Crippen LogP contribution in [0.25, 0.3) is 5.65 Å². The van der Waals surface area contributed by atoms with Crippen LogP contribution in [0.4, 0.5) is 8.78 Å². The van der Waals surface area contributed by atoms with E-state index in [1.54, 1.807) is 12.1 Å². The van der Waals surface area contributed by atoms with Crippen molar-refractivity contribution in [2.45, 2.75) is 65.7 Å². The molecule has 0 aliphatic heterocycles. The maximum absolute atomic E-state index is 13.2. The van der Waals surface area contributed by atoms with E-state index in [1.165, 1.54) is 13.2 Å². The van der Waals surface area contributed by atoms with Gasteiger partial charge in [0.1, 0.15) is 0 Å². The van der Waals surface area contributed by atoms with Crippen molar-refractivity contribution >= 4 is 11.6 Å². The Morgan fingerprint density at radius 2 is 1.97 bits per heavy atom. The molecule has 1 amide bonds. The summed E-state index contributed by atoms with van der Waals surface area (Å²) in [7, 11) is 1.40. The molecule has 0 saturated heterocycles. The quantitative estimate of drug-likeness (QED) is 0.476. The molecular weight excluding hydrogens is 430 g/mol. The summed E-state index contributed by atoms with van der Waals surface area (Å²) in [5.74, 6) is 0.249. The molecule has 3 aromatic rings. The summed E-state index contributed by atoms with van der Waals surface area (Å²) in [6, 6.07) is 6.93. The first-order valence-corrected chi connectivity index (χ1v) is 11.0. The molecule has 1 aliphatic carbocycles. The van der Waals surface area contributed by atoms with Crippen molar-refractivity contribution < 1.29 is 23.0 Å². The van der Waals surface area contributed by atoms with E-state index >= 15 is 0 Å². The molecule has 0 atom stereocenters. The number of benzene rings is 1. The van der Waals surface area contributed by atoms with E-state index in [-0.39, 0.29) is 23.4 Å². The standard InChI is InChI=1S/C24H28F2N4O3/c1-14-11-22-27-15(2)19(16(3)30(22)28-14)8-10-23(31)29(18-6-7-18)13-17-5-9-20(33-24(25)26)21(12-17)32-4/h5,9,11-12,18,24H,6-8,10,13H2,1-4H3. The van der Waals surface area contributed by atoms with Crippen LogP contribution >= 0.6 is 0 Å². The van der Waals surface area contributed by atoms with Crippen LogP contribution in [-0.4, -0.2) is 45.2 Å². The van der Waals surface area contributed by atoms with Gasteiger partial charge in [-0.05, 0) is 63.3 Å². The molecule has 0 bridgehead atoms. The van der Waals surface area contributed by atoms with E-state index in [4.69, 9.17) is 4.74 Å². The number of nitrogens with zero attached hydrogens (tertiary/aromatic N) is 4. The van der Waals surface area contributed by atoms with Crippen LogP contribution in [0.15, 0.2) is 24.3 Å². The van der Waals surface area contributed by atoms with Gasteiger partial charge in [0, 0.05) is 36.5 Å². The Balaban J connectivity index is 1.48. The number of fused-ring (bicyclic) bond motifs is 1. The molecular formula is C24H28F2N4O3. The summed E-state index contributed by atoms with van der Waals surface area (Å²) in [5.41, 5.74) is 5.45. The van der Waals surface area contributed by atoms with Crippen LogP contribution in [0.5, 0.6) is 11.5 Å². The van der Waals surface area contributed by atoms with Gasteiger partial charge in [-0.1, -0.05) is 6.07 Å². The first-order valence-electron chi connectivity index (χ1n) is 11.0. The number of alkyl halides is 2. The third-order valence-electron chi connectivity index (χ3n) is 5.98. The summed E-state index contributed by atoms with van der Waals surface area (Å²) in [6.07, 6.45) is 2.86. The van der Waals surface area contributed by atoms with Gasteiger partial charge < -0.3 is 14.4 Å². The number of methoxy groups -OCH3 is 1. The van der Waals surface area contributed by atoms with Gasteiger partial charge in [0.2, 0.25) is 5.91 Å². The van der Waals surface area contributed by atoms with E-state index in [0.29, 0.717) is 19.4 Å². The number of carbonyl (C=O) groups excluding carboxylic acids is 1. The minimum Gasteiger partial charge on any atom is -0.493 e. The molecule has 2 aromatic heterocycles. The zero-order valence-electron chi connectivity index (χ0n) is 19.3. The lowest BCUT2D eigenvalue weighted by Crippen LogP contribution is -2.33. The smallest absolute Gasteiger partial charge is 0.387 e. The summed E-state index contributed by atoms with van der Waals surface area (Å²) in [6.45, 7) is 3.36. The first kappa shape index (κ1) is 22.9. The molecule has 1 fully saturated rings. The second-order valence-corrected chi connectivity index (χ2v) is 8.43. The Morgan fingerprint density at radius 1 is 1.21 bits per heavy atom. The molecule has 176 valence electrons. The molecule has 1 saturated carbocycles. The van der Waals surface area contributed by atoms with Gasteiger partial charge in [0.05, 0.1) is 12.8 Å². The molecule has 4 rings (SSSR count).